The average molecular weight is 423 g/mol. The van der Waals surface area contributed by atoms with Crippen LogP contribution < -0.4 is 5.32 Å². The molecule has 118 valence electrons. The van der Waals surface area contributed by atoms with Gasteiger partial charge in [0.1, 0.15) is 0 Å². The minimum absolute atomic E-state index is 0.106. The fraction of sp³-hybridized carbons (Fsp3) is 0.533. The topological polar surface area (TPSA) is 58.6 Å². The van der Waals surface area contributed by atoms with E-state index in [1.54, 1.807) is 6.07 Å². The SMILES string of the molecule is CCC(CC)(CO)CNc1c(Br)cc(Br)cc1C(=O)OC. The Kier molecular flexibility index (Phi) is 7.16. The molecule has 0 atom stereocenters. The Morgan fingerprint density at radius 3 is 2.43 bits per heavy atom. The maximum atomic E-state index is 11.9. The van der Waals surface area contributed by atoms with Gasteiger partial charge in [-0.05, 0) is 40.9 Å². The molecule has 0 fully saturated rings. The van der Waals surface area contributed by atoms with Crippen molar-refractivity contribution in [2.75, 3.05) is 25.6 Å². The van der Waals surface area contributed by atoms with Crippen molar-refractivity contribution in [3.8, 4) is 0 Å². The van der Waals surface area contributed by atoms with E-state index < -0.39 is 5.97 Å². The predicted molar refractivity (Wildman–Crippen MR) is 91.8 cm³/mol. The van der Waals surface area contributed by atoms with Crippen LogP contribution in [0, 0.1) is 5.41 Å². The molecule has 0 saturated heterocycles. The van der Waals surface area contributed by atoms with Crippen LogP contribution in [0.5, 0.6) is 0 Å². The molecule has 0 aliphatic heterocycles. The molecule has 0 amide bonds. The Morgan fingerprint density at radius 2 is 1.95 bits per heavy atom. The summed E-state index contributed by atoms with van der Waals surface area (Å²) in [5, 5.41) is 12.9. The molecule has 0 aliphatic carbocycles. The van der Waals surface area contributed by atoms with Crippen molar-refractivity contribution in [3.63, 3.8) is 0 Å². The molecule has 1 aromatic carbocycles. The molecule has 0 heterocycles. The van der Waals surface area contributed by atoms with Crippen molar-refractivity contribution in [1.29, 1.82) is 0 Å². The zero-order valence-electron chi connectivity index (χ0n) is 12.5. The lowest BCUT2D eigenvalue weighted by atomic mass is 9.83. The summed E-state index contributed by atoms with van der Waals surface area (Å²) < 4.78 is 6.39. The Hall–Kier alpha value is -0.590. The third kappa shape index (κ3) is 4.44. The highest BCUT2D eigenvalue weighted by atomic mass is 79.9. The Labute approximate surface area is 142 Å². The number of esters is 1. The number of hydrogen-bond donors (Lipinski definition) is 2. The van der Waals surface area contributed by atoms with Crippen LogP contribution in [0.15, 0.2) is 21.1 Å². The second-order valence-corrected chi connectivity index (χ2v) is 6.79. The van der Waals surface area contributed by atoms with E-state index in [2.05, 4.69) is 51.0 Å². The van der Waals surface area contributed by atoms with E-state index in [-0.39, 0.29) is 12.0 Å². The van der Waals surface area contributed by atoms with Crippen molar-refractivity contribution >= 4 is 43.5 Å². The lowest BCUT2D eigenvalue weighted by Crippen LogP contribution is -2.32. The molecule has 21 heavy (non-hydrogen) atoms. The van der Waals surface area contributed by atoms with Crippen LogP contribution >= 0.6 is 31.9 Å². The highest BCUT2D eigenvalue weighted by Gasteiger charge is 2.26. The molecule has 1 rings (SSSR count). The van der Waals surface area contributed by atoms with Gasteiger partial charge in [-0.1, -0.05) is 29.8 Å². The van der Waals surface area contributed by atoms with Gasteiger partial charge in [-0.2, -0.15) is 0 Å². The number of carbonyl (C=O) groups excluding carboxylic acids is 1. The number of nitrogens with one attached hydrogen (secondary N) is 1. The van der Waals surface area contributed by atoms with Crippen LogP contribution in [0.4, 0.5) is 5.69 Å². The first kappa shape index (κ1) is 18.5. The Morgan fingerprint density at radius 1 is 1.33 bits per heavy atom. The molecule has 0 radical (unpaired) electrons. The number of benzene rings is 1. The first-order chi connectivity index (χ1) is 9.92. The van der Waals surface area contributed by atoms with Gasteiger partial charge in [0, 0.05) is 20.9 Å². The molecular weight excluding hydrogens is 402 g/mol. The number of ether oxygens (including phenoxy) is 1. The van der Waals surface area contributed by atoms with Crippen molar-refractivity contribution in [2.24, 2.45) is 5.41 Å². The van der Waals surface area contributed by atoms with Crippen molar-refractivity contribution < 1.29 is 14.6 Å². The number of hydrogen-bond acceptors (Lipinski definition) is 4. The van der Waals surface area contributed by atoms with Gasteiger partial charge in [0.2, 0.25) is 0 Å². The molecule has 0 spiro atoms. The second kappa shape index (κ2) is 8.15. The first-order valence-electron chi connectivity index (χ1n) is 6.85. The molecular formula is C15H21Br2NO3. The van der Waals surface area contributed by atoms with E-state index in [1.807, 2.05) is 6.07 Å². The fourth-order valence-corrected chi connectivity index (χ4v) is 3.45. The highest BCUT2D eigenvalue weighted by Crippen LogP contribution is 2.33. The van der Waals surface area contributed by atoms with E-state index >= 15 is 0 Å². The van der Waals surface area contributed by atoms with E-state index in [0.717, 1.165) is 21.8 Å². The van der Waals surface area contributed by atoms with Crippen LogP contribution in [0.1, 0.15) is 37.0 Å². The molecule has 0 aliphatic rings. The number of methoxy groups -OCH3 is 1. The summed E-state index contributed by atoms with van der Waals surface area (Å²) in [7, 11) is 1.36. The van der Waals surface area contributed by atoms with Crippen LogP contribution in [0.25, 0.3) is 0 Å². The lowest BCUT2D eigenvalue weighted by molar-refractivity contribution is 0.0601. The summed E-state index contributed by atoms with van der Waals surface area (Å²) in [6, 6.07) is 3.59. The van der Waals surface area contributed by atoms with Gasteiger partial charge in [-0.3, -0.25) is 0 Å². The molecule has 6 heteroatoms. The smallest absolute Gasteiger partial charge is 0.340 e. The minimum atomic E-state index is -0.401. The predicted octanol–water partition coefficient (Wildman–Crippen LogP) is 4.21. The summed E-state index contributed by atoms with van der Waals surface area (Å²) in [6.45, 7) is 4.80. The van der Waals surface area contributed by atoms with Gasteiger partial charge in [0.05, 0.1) is 25.0 Å². The number of halogens is 2. The zero-order valence-corrected chi connectivity index (χ0v) is 15.7. The van der Waals surface area contributed by atoms with Crippen molar-refractivity contribution in [2.45, 2.75) is 26.7 Å². The molecule has 2 N–H and O–H groups in total. The van der Waals surface area contributed by atoms with E-state index in [0.29, 0.717) is 17.8 Å². The summed E-state index contributed by atoms with van der Waals surface area (Å²) >= 11 is 6.84. The molecule has 0 bridgehead atoms. The molecule has 1 aromatic rings. The standard InChI is InChI=1S/C15H21Br2NO3/c1-4-15(5-2,9-19)8-18-13-11(14(20)21-3)6-10(16)7-12(13)17/h6-7,18-19H,4-5,8-9H2,1-3H3. The number of anilines is 1. The van der Waals surface area contributed by atoms with Crippen LogP contribution in [0.2, 0.25) is 0 Å². The van der Waals surface area contributed by atoms with E-state index in [4.69, 9.17) is 4.74 Å². The van der Waals surface area contributed by atoms with Crippen molar-refractivity contribution in [3.05, 3.63) is 26.6 Å². The van der Waals surface area contributed by atoms with E-state index in [9.17, 15) is 9.90 Å². The monoisotopic (exact) mass is 421 g/mol. The fourth-order valence-electron chi connectivity index (χ4n) is 2.08. The van der Waals surface area contributed by atoms with E-state index in [1.165, 1.54) is 7.11 Å². The summed E-state index contributed by atoms with van der Waals surface area (Å²) in [4.78, 5) is 11.9. The second-order valence-electron chi connectivity index (χ2n) is 5.02. The number of aliphatic hydroxyl groups excluding tert-OH is 1. The summed E-state index contributed by atoms with van der Waals surface area (Å²) in [6.07, 6.45) is 1.71. The molecule has 0 unspecified atom stereocenters. The quantitative estimate of drug-likeness (QED) is 0.646. The third-order valence-electron chi connectivity index (χ3n) is 3.94. The Bertz CT molecular complexity index is 494. The Balaban J connectivity index is 3.10. The van der Waals surface area contributed by atoms with Crippen LogP contribution in [0.3, 0.4) is 0 Å². The minimum Gasteiger partial charge on any atom is -0.465 e. The number of carbonyl (C=O) groups is 1. The lowest BCUT2D eigenvalue weighted by Gasteiger charge is -2.30. The van der Waals surface area contributed by atoms with Crippen LogP contribution in [-0.2, 0) is 4.74 Å². The van der Waals surface area contributed by atoms with Gasteiger partial charge >= 0.3 is 5.97 Å². The normalized spacial score (nSPS) is 11.3. The zero-order chi connectivity index (χ0) is 16.0. The summed E-state index contributed by atoms with van der Waals surface area (Å²) in [5.74, 6) is -0.401. The largest absolute Gasteiger partial charge is 0.465 e. The highest BCUT2D eigenvalue weighted by molar-refractivity contribution is 9.11. The average Bonchev–Trinajstić information content (AvgIpc) is 2.49. The van der Waals surface area contributed by atoms with Gasteiger partial charge in [0.25, 0.3) is 0 Å². The summed E-state index contributed by atoms with van der Waals surface area (Å²) in [5.41, 5.74) is 0.947. The van der Waals surface area contributed by atoms with Gasteiger partial charge in [0.15, 0.2) is 0 Å². The van der Waals surface area contributed by atoms with Gasteiger partial charge < -0.3 is 15.2 Å². The van der Waals surface area contributed by atoms with Gasteiger partial charge in [-0.15, -0.1) is 0 Å². The third-order valence-corrected chi connectivity index (χ3v) is 5.02. The molecule has 0 aromatic heterocycles. The number of aliphatic hydroxyl groups is 1. The number of rotatable bonds is 7. The first-order valence-corrected chi connectivity index (χ1v) is 8.43. The van der Waals surface area contributed by atoms with Crippen molar-refractivity contribution in [1.82, 2.24) is 0 Å². The van der Waals surface area contributed by atoms with Crippen LogP contribution in [-0.4, -0.2) is 31.3 Å². The molecule has 0 saturated carbocycles. The van der Waals surface area contributed by atoms with Gasteiger partial charge in [-0.25, -0.2) is 4.79 Å². The molecule has 4 nitrogen and oxygen atoms in total. The maximum absolute atomic E-state index is 11.9. The maximum Gasteiger partial charge on any atom is 0.340 e.